The van der Waals surface area contributed by atoms with E-state index in [4.69, 9.17) is 0 Å². The van der Waals surface area contributed by atoms with E-state index in [0.29, 0.717) is 22.3 Å². The lowest BCUT2D eigenvalue weighted by Gasteiger charge is -2.13. The third-order valence-corrected chi connectivity index (χ3v) is 4.99. The fraction of sp³-hybridized carbons (Fsp3) is 0.167. The highest BCUT2D eigenvalue weighted by atomic mass is 32.1. The number of thiazole rings is 1. The van der Waals surface area contributed by atoms with E-state index in [9.17, 15) is 10.2 Å². The quantitative estimate of drug-likeness (QED) is 0.668. The molecule has 3 aromatic rings. The first-order valence-corrected chi connectivity index (χ1v) is 7.86. The van der Waals surface area contributed by atoms with Crippen molar-refractivity contribution >= 4 is 33.7 Å². The van der Waals surface area contributed by atoms with Crippen molar-refractivity contribution in [3.8, 4) is 11.5 Å². The van der Waals surface area contributed by atoms with Crippen LogP contribution in [0.25, 0.3) is 22.4 Å². The highest BCUT2D eigenvalue weighted by Crippen LogP contribution is 2.37. The van der Waals surface area contributed by atoms with Gasteiger partial charge in [-0.3, -0.25) is 0 Å². The van der Waals surface area contributed by atoms with Gasteiger partial charge in [-0.05, 0) is 56.2 Å². The van der Waals surface area contributed by atoms with Crippen LogP contribution in [0.4, 0.5) is 0 Å². The highest BCUT2D eigenvalue weighted by molar-refractivity contribution is 7.19. The molecule has 22 heavy (non-hydrogen) atoms. The van der Waals surface area contributed by atoms with Crippen molar-refractivity contribution in [3.05, 3.63) is 51.5 Å². The number of hydrogen-bond donors (Lipinski definition) is 2. The van der Waals surface area contributed by atoms with Gasteiger partial charge in [0.1, 0.15) is 16.5 Å². The molecule has 0 bridgehead atoms. The molecular formula is C18H17NO2S. The van der Waals surface area contributed by atoms with Gasteiger partial charge in [-0.15, -0.1) is 11.3 Å². The van der Waals surface area contributed by atoms with E-state index >= 15 is 0 Å². The van der Waals surface area contributed by atoms with E-state index < -0.39 is 0 Å². The number of phenolic OH excluding ortho intramolecular Hbond substituents is 2. The van der Waals surface area contributed by atoms with Crippen molar-refractivity contribution in [2.75, 3.05) is 0 Å². The molecule has 0 atom stereocenters. The van der Waals surface area contributed by atoms with E-state index in [-0.39, 0.29) is 11.5 Å². The van der Waals surface area contributed by atoms with Crippen LogP contribution in [0.3, 0.4) is 0 Å². The van der Waals surface area contributed by atoms with Crippen molar-refractivity contribution in [1.29, 1.82) is 0 Å². The minimum atomic E-state index is 0.213. The number of para-hydroxylation sites is 1. The Morgan fingerprint density at radius 2 is 1.59 bits per heavy atom. The first-order valence-electron chi connectivity index (χ1n) is 7.04. The molecule has 0 aliphatic rings. The van der Waals surface area contributed by atoms with Crippen LogP contribution >= 0.6 is 11.3 Å². The zero-order chi connectivity index (χ0) is 15.9. The summed E-state index contributed by atoms with van der Waals surface area (Å²) in [5, 5.41) is 21.3. The molecule has 0 saturated heterocycles. The Labute approximate surface area is 133 Å². The lowest BCUT2D eigenvalue weighted by molar-refractivity contribution is 0.448. The topological polar surface area (TPSA) is 53.4 Å². The maximum Gasteiger partial charge on any atom is 0.126 e. The highest BCUT2D eigenvalue weighted by Gasteiger charge is 2.14. The van der Waals surface area contributed by atoms with Crippen LogP contribution in [0.1, 0.15) is 27.3 Å². The second-order valence-corrected chi connectivity index (χ2v) is 6.40. The molecule has 0 aliphatic carbocycles. The van der Waals surface area contributed by atoms with Crippen molar-refractivity contribution in [1.82, 2.24) is 4.98 Å². The van der Waals surface area contributed by atoms with Gasteiger partial charge in [0.2, 0.25) is 0 Å². The van der Waals surface area contributed by atoms with Crippen molar-refractivity contribution in [2.24, 2.45) is 0 Å². The van der Waals surface area contributed by atoms with Gasteiger partial charge in [0.05, 0.1) is 10.2 Å². The van der Waals surface area contributed by atoms with E-state index in [2.05, 4.69) is 4.98 Å². The van der Waals surface area contributed by atoms with E-state index in [1.165, 1.54) is 0 Å². The second-order valence-electron chi connectivity index (χ2n) is 5.34. The predicted octanol–water partition coefficient (Wildman–Crippen LogP) is 4.80. The molecule has 0 saturated carbocycles. The molecule has 3 rings (SSSR count). The summed E-state index contributed by atoms with van der Waals surface area (Å²) in [5.41, 5.74) is 3.70. The summed E-state index contributed by atoms with van der Waals surface area (Å²) in [7, 11) is 0. The Balaban J connectivity index is 2.06. The molecule has 0 aliphatic heterocycles. The number of aromatic nitrogens is 1. The zero-order valence-corrected chi connectivity index (χ0v) is 13.5. The zero-order valence-electron chi connectivity index (χ0n) is 12.7. The summed E-state index contributed by atoms with van der Waals surface area (Å²) in [5.74, 6) is 0.449. The summed E-state index contributed by atoms with van der Waals surface area (Å²) in [4.78, 5) is 4.54. The van der Waals surface area contributed by atoms with Crippen LogP contribution < -0.4 is 0 Å². The molecule has 2 aromatic carbocycles. The SMILES string of the molecule is Cc1c(C)c(O)c(/C=C/c2nc3ccccc3s2)c(C)c1O. The summed E-state index contributed by atoms with van der Waals surface area (Å²) in [6.45, 7) is 5.41. The number of fused-ring (bicyclic) bond motifs is 1. The van der Waals surface area contributed by atoms with Gasteiger partial charge in [0.15, 0.2) is 0 Å². The minimum absolute atomic E-state index is 0.213. The molecular weight excluding hydrogens is 294 g/mol. The van der Waals surface area contributed by atoms with Gasteiger partial charge in [-0.1, -0.05) is 12.1 Å². The third-order valence-electron chi connectivity index (χ3n) is 3.99. The summed E-state index contributed by atoms with van der Waals surface area (Å²) < 4.78 is 1.13. The average molecular weight is 311 g/mol. The molecule has 4 heteroatoms. The Hall–Kier alpha value is -2.33. The lowest BCUT2D eigenvalue weighted by atomic mass is 9.97. The number of rotatable bonds is 2. The van der Waals surface area contributed by atoms with E-state index in [1.54, 1.807) is 32.1 Å². The molecule has 0 amide bonds. The Kier molecular flexibility index (Phi) is 3.62. The summed E-state index contributed by atoms with van der Waals surface area (Å²) in [6, 6.07) is 7.97. The Bertz CT molecular complexity index is 831. The molecule has 2 N–H and O–H groups in total. The molecule has 0 spiro atoms. The number of benzene rings is 2. The van der Waals surface area contributed by atoms with Crippen LogP contribution in [0.5, 0.6) is 11.5 Å². The normalized spacial score (nSPS) is 11.6. The second kappa shape index (κ2) is 5.46. The number of phenols is 2. The number of aromatic hydroxyl groups is 2. The molecule has 0 fully saturated rings. The van der Waals surface area contributed by atoms with Crippen LogP contribution in [-0.4, -0.2) is 15.2 Å². The minimum Gasteiger partial charge on any atom is -0.507 e. The van der Waals surface area contributed by atoms with Gasteiger partial charge < -0.3 is 10.2 Å². The van der Waals surface area contributed by atoms with Gasteiger partial charge in [-0.2, -0.15) is 0 Å². The van der Waals surface area contributed by atoms with Crippen LogP contribution in [0.15, 0.2) is 24.3 Å². The van der Waals surface area contributed by atoms with E-state index in [0.717, 1.165) is 15.2 Å². The Morgan fingerprint density at radius 1 is 0.909 bits per heavy atom. The first-order chi connectivity index (χ1) is 10.5. The third kappa shape index (κ3) is 2.35. The lowest BCUT2D eigenvalue weighted by Crippen LogP contribution is -1.91. The predicted molar refractivity (Wildman–Crippen MR) is 92.5 cm³/mol. The van der Waals surface area contributed by atoms with Crippen LogP contribution in [0, 0.1) is 20.8 Å². The Morgan fingerprint density at radius 3 is 2.32 bits per heavy atom. The maximum atomic E-state index is 10.3. The van der Waals surface area contributed by atoms with Gasteiger partial charge in [-0.25, -0.2) is 4.98 Å². The molecule has 0 unspecified atom stereocenters. The van der Waals surface area contributed by atoms with Crippen molar-refractivity contribution < 1.29 is 10.2 Å². The fourth-order valence-electron chi connectivity index (χ4n) is 2.46. The van der Waals surface area contributed by atoms with Crippen molar-refractivity contribution in [2.45, 2.75) is 20.8 Å². The molecule has 3 nitrogen and oxygen atoms in total. The van der Waals surface area contributed by atoms with Crippen molar-refractivity contribution in [3.63, 3.8) is 0 Å². The number of hydrogen-bond acceptors (Lipinski definition) is 4. The monoisotopic (exact) mass is 311 g/mol. The van der Waals surface area contributed by atoms with E-state index in [1.807, 2.05) is 36.4 Å². The smallest absolute Gasteiger partial charge is 0.126 e. The maximum absolute atomic E-state index is 10.3. The standard InChI is InChI=1S/C18H17NO2S/c1-10-11(2)18(21)13(12(3)17(10)20)8-9-16-19-14-6-4-5-7-15(14)22-16/h4-9,20-21H,1-3H3/b9-8+. The van der Waals surface area contributed by atoms with Crippen LogP contribution in [-0.2, 0) is 0 Å². The van der Waals surface area contributed by atoms with Gasteiger partial charge >= 0.3 is 0 Å². The fourth-order valence-corrected chi connectivity index (χ4v) is 3.33. The summed E-state index contributed by atoms with van der Waals surface area (Å²) in [6.07, 6.45) is 3.69. The largest absolute Gasteiger partial charge is 0.507 e. The first kappa shape index (κ1) is 14.6. The number of nitrogens with zero attached hydrogens (tertiary/aromatic N) is 1. The molecule has 1 aromatic heterocycles. The molecule has 112 valence electrons. The summed E-state index contributed by atoms with van der Waals surface area (Å²) >= 11 is 1.60. The van der Waals surface area contributed by atoms with Crippen LogP contribution in [0.2, 0.25) is 0 Å². The average Bonchev–Trinajstić information content (AvgIpc) is 2.94. The van der Waals surface area contributed by atoms with Gasteiger partial charge in [0, 0.05) is 11.1 Å². The molecule has 1 heterocycles. The molecule has 0 radical (unpaired) electrons. The van der Waals surface area contributed by atoms with Gasteiger partial charge in [0.25, 0.3) is 0 Å².